The zero-order chi connectivity index (χ0) is 14.9. The molecular formula is C14H10ClN3O2S. The van der Waals surface area contributed by atoms with Gasteiger partial charge in [-0.3, -0.25) is 0 Å². The van der Waals surface area contributed by atoms with E-state index < -0.39 is 10.0 Å². The molecule has 0 aliphatic carbocycles. The second kappa shape index (κ2) is 5.31. The maximum absolute atomic E-state index is 12.6. The lowest BCUT2D eigenvalue weighted by molar-refractivity contribution is 0.587. The Labute approximate surface area is 126 Å². The van der Waals surface area contributed by atoms with Crippen LogP contribution in [-0.4, -0.2) is 22.4 Å². The van der Waals surface area contributed by atoms with Gasteiger partial charge in [0.05, 0.1) is 18.1 Å². The Morgan fingerprint density at radius 3 is 2.29 bits per heavy atom. The number of nitrogens with zero attached hydrogens (tertiary/aromatic N) is 3. The first kappa shape index (κ1) is 13.8. The highest BCUT2D eigenvalue weighted by Gasteiger charge is 2.20. The molecule has 2 heterocycles. The molecule has 106 valence electrons. The van der Waals surface area contributed by atoms with E-state index in [0.29, 0.717) is 5.69 Å². The standard InChI is InChI=1S/C14H10ClN3O2S/c15-14-16-9-12(10-17-14)21(19,20)18-8-4-7-13(18)11-5-2-1-3-6-11/h1-10H. The molecule has 0 amide bonds. The van der Waals surface area contributed by atoms with Crippen LogP contribution < -0.4 is 0 Å². The summed E-state index contributed by atoms with van der Waals surface area (Å²) in [5, 5.41) is 0.00439. The largest absolute Gasteiger partial charge is 0.271 e. The average Bonchev–Trinajstić information content (AvgIpc) is 2.99. The minimum Gasteiger partial charge on any atom is -0.241 e. The van der Waals surface area contributed by atoms with Crippen LogP contribution in [0.2, 0.25) is 5.28 Å². The smallest absolute Gasteiger partial charge is 0.241 e. The lowest BCUT2D eigenvalue weighted by atomic mass is 10.2. The molecule has 0 fully saturated rings. The van der Waals surface area contributed by atoms with Crippen molar-refractivity contribution in [3.63, 3.8) is 0 Å². The second-order valence-electron chi connectivity index (χ2n) is 4.25. The first-order valence-electron chi connectivity index (χ1n) is 6.05. The normalized spacial score (nSPS) is 11.5. The molecule has 0 saturated heterocycles. The van der Waals surface area contributed by atoms with E-state index in [1.165, 1.54) is 22.6 Å². The molecule has 5 nitrogen and oxygen atoms in total. The van der Waals surface area contributed by atoms with Gasteiger partial charge in [0, 0.05) is 6.20 Å². The molecule has 7 heteroatoms. The van der Waals surface area contributed by atoms with Crippen LogP contribution in [-0.2, 0) is 10.0 Å². The Hall–Kier alpha value is -2.18. The van der Waals surface area contributed by atoms with E-state index in [9.17, 15) is 8.42 Å². The summed E-state index contributed by atoms with van der Waals surface area (Å²) in [5.74, 6) is 0. The van der Waals surface area contributed by atoms with Crippen molar-refractivity contribution in [2.75, 3.05) is 0 Å². The van der Waals surface area contributed by atoms with Gasteiger partial charge in [0.15, 0.2) is 0 Å². The summed E-state index contributed by atoms with van der Waals surface area (Å²) in [5.41, 5.74) is 1.38. The van der Waals surface area contributed by atoms with E-state index >= 15 is 0 Å². The molecule has 0 bridgehead atoms. The highest BCUT2D eigenvalue weighted by atomic mass is 35.5. The average molecular weight is 320 g/mol. The fourth-order valence-electron chi connectivity index (χ4n) is 1.96. The van der Waals surface area contributed by atoms with Crippen LogP contribution >= 0.6 is 11.6 Å². The van der Waals surface area contributed by atoms with Crippen molar-refractivity contribution in [3.05, 3.63) is 66.3 Å². The first-order valence-corrected chi connectivity index (χ1v) is 7.87. The Balaban J connectivity index is 2.13. The Morgan fingerprint density at radius 1 is 0.952 bits per heavy atom. The Bertz CT molecular complexity index is 859. The summed E-state index contributed by atoms with van der Waals surface area (Å²) in [7, 11) is -3.76. The van der Waals surface area contributed by atoms with Crippen molar-refractivity contribution < 1.29 is 8.42 Å². The lowest BCUT2D eigenvalue weighted by Crippen LogP contribution is -2.13. The van der Waals surface area contributed by atoms with Crippen LogP contribution in [0, 0.1) is 0 Å². The fraction of sp³-hybridized carbons (Fsp3) is 0. The van der Waals surface area contributed by atoms with Gasteiger partial charge in [0.1, 0.15) is 4.90 Å². The SMILES string of the molecule is O=S(=O)(c1cnc(Cl)nc1)n1cccc1-c1ccccc1. The van der Waals surface area contributed by atoms with Crippen LogP contribution in [0.15, 0.2) is 66.0 Å². The van der Waals surface area contributed by atoms with Crippen molar-refractivity contribution in [1.82, 2.24) is 13.9 Å². The van der Waals surface area contributed by atoms with Crippen LogP contribution in [0.3, 0.4) is 0 Å². The van der Waals surface area contributed by atoms with Crippen LogP contribution in [0.5, 0.6) is 0 Å². The van der Waals surface area contributed by atoms with Crippen molar-refractivity contribution in [3.8, 4) is 11.3 Å². The molecule has 3 rings (SSSR count). The summed E-state index contributed by atoms with van der Waals surface area (Å²) in [6.07, 6.45) is 3.88. The maximum atomic E-state index is 12.6. The van der Waals surface area contributed by atoms with Gasteiger partial charge in [-0.25, -0.2) is 22.4 Å². The summed E-state index contributed by atoms with van der Waals surface area (Å²) in [4.78, 5) is 7.43. The third-order valence-corrected chi connectivity index (χ3v) is 4.77. The second-order valence-corrected chi connectivity index (χ2v) is 6.40. The van der Waals surface area contributed by atoms with E-state index in [0.717, 1.165) is 5.56 Å². The summed E-state index contributed by atoms with van der Waals surface area (Å²) < 4.78 is 26.5. The topological polar surface area (TPSA) is 64.8 Å². The van der Waals surface area contributed by atoms with E-state index in [1.54, 1.807) is 12.1 Å². The van der Waals surface area contributed by atoms with Gasteiger partial charge in [0.25, 0.3) is 10.0 Å². The van der Waals surface area contributed by atoms with Gasteiger partial charge >= 0.3 is 0 Å². The monoisotopic (exact) mass is 319 g/mol. The zero-order valence-corrected chi connectivity index (χ0v) is 12.3. The quantitative estimate of drug-likeness (QED) is 0.696. The third-order valence-electron chi connectivity index (χ3n) is 2.94. The van der Waals surface area contributed by atoms with E-state index in [1.807, 2.05) is 30.3 Å². The number of benzene rings is 1. The minimum atomic E-state index is -3.76. The minimum absolute atomic E-state index is 0.00439. The molecule has 0 aliphatic rings. The van der Waals surface area contributed by atoms with Crippen molar-refractivity contribution in [2.24, 2.45) is 0 Å². The Morgan fingerprint density at radius 2 is 1.62 bits per heavy atom. The van der Waals surface area contributed by atoms with Crippen LogP contribution in [0.1, 0.15) is 0 Å². The number of rotatable bonds is 3. The molecule has 2 aromatic heterocycles. The molecule has 1 aromatic carbocycles. The van der Waals surface area contributed by atoms with Gasteiger partial charge in [-0.2, -0.15) is 0 Å². The third kappa shape index (κ3) is 2.55. The highest BCUT2D eigenvalue weighted by molar-refractivity contribution is 7.90. The predicted octanol–water partition coefficient (Wildman–Crippen LogP) is 2.84. The van der Waals surface area contributed by atoms with Crippen LogP contribution in [0.4, 0.5) is 0 Å². The van der Waals surface area contributed by atoms with E-state index in [2.05, 4.69) is 9.97 Å². The zero-order valence-electron chi connectivity index (χ0n) is 10.7. The van der Waals surface area contributed by atoms with E-state index in [4.69, 9.17) is 11.6 Å². The molecular weight excluding hydrogens is 310 g/mol. The number of hydrogen-bond donors (Lipinski definition) is 0. The van der Waals surface area contributed by atoms with Gasteiger partial charge < -0.3 is 0 Å². The summed E-state index contributed by atoms with van der Waals surface area (Å²) in [6.45, 7) is 0. The van der Waals surface area contributed by atoms with Gasteiger partial charge in [-0.05, 0) is 29.3 Å². The molecule has 0 unspecified atom stereocenters. The number of halogens is 1. The number of aromatic nitrogens is 3. The van der Waals surface area contributed by atoms with E-state index in [-0.39, 0.29) is 10.2 Å². The van der Waals surface area contributed by atoms with Gasteiger partial charge in [-0.1, -0.05) is 30.3 Å². The Kier molecular flexibility index (Phi) is 3.48. The predicted molar refractivity (Wildman–Crippen MR) is 79.5 cm³/mol. The molecule has 21 heavy (non-hydrogen) atoms. The molecule has 0 atom stereocenters. The highest BCUT2D eigenvalue weighted by Crippen LogP contribution is 2.24. The van der Waals surface area contributed by atoms with Crippen molar-refractivity contribution >= 4 is 21.6 Å². The fourth-order valence-corrected chi connectivity index (χ4v) is 3.31. The molecule has 3 aromatic rings. The first-order chi connectivity index (χ1) is 10.1. The van der Waals surface area contributed by atoms with Crippen molar-refractivity contribution in [1.29, 1.82) is 0 Å². The van der Waals surface area contributed by atoms with Gasteiger partial charge in [0.2, 0.25) is 5.28 Å². The molecule has 0 aliphatic heterocycles. The maximum Gasteiger partial charge on any atom is 0.271 e. The molecule has 0 saturated carbocycles. The lowest BCUT2D eigenvalue weighted by Gasteiger charge is -2.10. The van der Waals surface area contributed by atoms with Crippen molar-refractivity contribution in [2.45, 2.75) is 4.90 Å². The molecule has 0 N–H and O–H groups in total. The number of hydrogen-bond acceptors (Lipinski definition) is 4. The molecule has 0 radical (unpaired) electrons. The summed E-state index contributed by atoms with van der Waals surface area (Å²) in [6, 6.07) is 12.7. The van der Waals surface area contributed by atoms with Gasteiger partial charge in [-0.15, -0.1) is 0 Å². The summed E-state index contributed by atoms with van der Waals surface area (Å²) >= 11 is 5.59. The van der Waals surface area contributed by atoms with Crippen LogP contribution in [0.25, 0.3) is 11.3 Å². The molecule has 0 spiro atoms.